The number of aldehydes is 1. The first-order valence-corrected chi connectivity index (χ1v) is 5.70. The van der Waals surface area contributed by atoms with Crippen molar-refractivity contribution in [2.45, 2.75) is 13.3 Å². The first-order valence-electron chi connectivity index (χ1n) is 4.71. The molecule has 0 saturated heterocycles. The summed E-state index contributed by atoms with van der Waals surface area (Å²) >= 11 is 1.61. The first kappa shape index (κ1) is 11.1. The molecule has 0 unspecified atom stereocenters. The molecule has 2 heteroatoms. The molecule has 0 aliphatic heterocycles. The van der Waals surface area contributed by atoms with E-state index in [2.05, 4.69) is 6.92 Å². The van der Waals surface area contributed by atoms with Crippen molar-refractivity contribution in [3.8, 4) is 0 Å². The lowest BCUT2D eigenvalue weighted by atomic mass is 10.2. The van der Waals surface area contributed by atoms with Crippen molar-refractivity contribution in [2.75, 3.05) is 5.75 Å². The highest BCUT2D eigenvalue weighted by Gasteiger charge is 1.95. The average Bonchev–Trinajstić information content (AvgIpc) is 2.25. The third-order valence-corrected chi connectivity index (χ3v) is 2.86. The number of rotatable bonds is 5. The van der Waals surface area contributed by atoms with Crippen molar-refractivity contribution in [3.05, 3.63) is 40.8 Å². The molecule has 0 aliphatic carbocycles. The number of carbonyl (C=O) groups is 1. The van der Waals surface area contributed by atoms with E-state index in [4.69, 9.17) is 0 Å². The van der Waals surface area contributed by atoms with Gasteiger partial charge in [0.25, 0.3) is 0 Å². The Hall–Kier alpha value is -1.02. The Morgan fingerprint density at radius 3 is 2.64 bits per heavy atom. The molecule has 0 aromatic heterocycles. The number of benzene rings is 1. The highest BCUT2D eigenvalue weighted by molar-refractivity contribution is 8.04. The van der Waals surface area contributed by atoms with Crippen LogP contribution in [-0.2, 0) is 4.79 Å². The van der Waals surface area contributed by atoms with Crippen LogP contribution >= 0.6 is 11.8 Å². The van der Waals surface area contributed by atoms with E-state index in [1.807, 2.05) is 36.4 Å². The molecular formula is C12H14OS. The summed E-state index contributed by atoms with van der Waals surface area (Å²) in [7, 11) is 0. The van der Waals surface area contributed by atoms with Gasteiger partial charge in [0.15, 0.2) is 6.29 Å². The van der Waals surface area contributed by atoms with Crippen molar-refractivity contribution < 1.29 is 4.79 Å². The van der Waals surface area contributed by atoms with Crippen LogP contribution in [0, 0.1) is 0 Å². The topological polar surface area (TPSA) is 17.1 Å². The zero-order valence-corrected chi connectivity index (χ0v) is 9.09. The lowest BCUT2D eigenvalue weighted by molar-refractivity contribution is -0.104. The summed E-state index contributed by atoms with van der Waals surface area (Å²) in [5.41, 5.74) is 1.08. The van der Waals surface area contributed by atoms with Crippen molar-refractivity contribution in [2.24, 2.45) is 0 Å². The van der Waals surface area contributed by atoms with Crippen LogP contribution in [0.1, 0.15) is 18.9 Å². The van der Waals surface area contributed by atoms with E-state index in [9.17, 15) is 4.79 Å². The van der Waals surface area contributed by atoms with Crippen LogP contribution < -0.4 is 0 Å². The zero-order chi connectivity index (χ0) is 10.2. The van der Waals surface area contributed by atoms with Gasteiger partial charge in [-0.2, -0.15) is 0 Å². The highest BCUT2D eigenvalue weighted by Crippen LogP contribution is 2.17. The van der Waals surface area contributed by atoms with Gasteiger partial charge in [-0.25, -0.2) is 0 Å². The minimum atomic E-state index is 0.804. The van der Waals surface area contributed by atoms with Crippen LogP contribution in [0.2, 0.25) is 0 Å². The van der Waals surface area contributed by atoms with Gasteiger partial charge in [-0.15, -0.1) is 11.8 Å². The van der Waals surface area contributed by atoms with E-state index in [0.717, 1.165) is 28.9 Å². The fraction of sp³-hybridized carbons (Fsp3) is 0.250. The van der Waals surface area contributed by atoms with Gasteiger partial charge >= 0.3 is 0 Å². The van der Waals surface area contributed by atoms with Crippen LogP contribution in [0.3, 0.4) is 0 Å². The van der Waals surface area contributed by atoms with Gasteiger partial charge in [0.05, 0.1) is 0 Å². The molecule has 0 fully saturated rings. The molecule has 1 nitrogen and oxygen atoms in total. The fourth-order valence-corrected chi connectivity index (χ4v) is 1.77. The summed E-state index contributed by atoms with van der Waals surface area (Å²) in [4.78, 5) is 11.5. The molecular weight excluding hydrogens is 192 g/mol. The minimum Gasteiger partial charge on any atom is -0.297 e. The van der Waals surface area contributed by atoms with Crippen LogP contribution in [0.15, 0.2) is 35.2 Å². The average molecular weight is 206 g/mol. The van der Waals surface area contributed by atoms with Gasteiger partial charge < -0.3 is 0 Å². The Bertz CT molecular complexity index is 303. The van der Waals surface area contributed by atoms with Crippen LogP contribution in [0.4, 0.5) is 0 Å². The van der Waals surface area contributed by atoms with Crippen molar-refractivity contribution in [1.82, 2.24) is 0 Å². The number of hydrogen-bond donors (Lipinski definition) is 0. The first-order chi connectivity index (χ1) is 6.86. The largest absolute Gasteiger partial charge is 0.297 e. The van der Waals surface area contributed by atoms with E-state index in [0.29, 0.717) is 0 Å². The normalized spacial score (nSPS) is 11.4. The van der Waals surface area contributed by atoms with E-state index in [1.54, 1.807) is 11.8 Å². The van der Waals surface area contributed by atoms with Gasteiger partial charge in [-0.3, -0.25) is 4.79 Å². The smallest absolute Gasteiger partial charge is 0.156 e. The molecule has 0 atom stereocenters. The molecule has 0 radical (unpaired) electrons. The number of allylic oxidation sites excluding steroid dienone is 1. The number of carbonyl (C=O) groups excluding carboxylic acids is 1. The standard InChI is InChI=1S/C12H14OS/c1-2-8-14-12(10-13)9-11-6-4-3-5-7-11/h3-7,9-10H,2,8H2,1H3/b12-9-. The molecule has 0 aliphatic rings. The molecule has 0 N–H and O–H groups in total. The molecule has 1 aromatic carbocycles. The van der Waals surface area contributed by atoms with E-state index >= 15 is 0 Å². The molecule has 14 heavy (non-hydrogen) atoms. The molecule has 0 spiro atoms. The van der Waals surface area contributed by atoms with Gasteiger partial charge in [0.2, 0.25) is 0 Å². The molecule has 0 saturated carbocycles. The number of thioether (sulfide) groups is 1. The fourth-order valence-electron chi connectivity index (χ4n) is 1.04. The summed E-state index contributed by atoms with van der Waals surface area (Å²) in [6, 6.07) is 9.90. The summed E-state index contributed by atoms with van der Waals surface area (Å²) in [6.07, 6.45) is 3.94. The lowest BCUT2D eigenvalue weighted by Crippen LogP contribution is -1.82. The van der Waals surface area contributed by atoms with Gasteiger partial charge in [-0.1, -0.05) is 37.3 Å². The SMILES string of the molecule is CCCS/C(C=O)=C\c1ccccc1. The quantitative estimate of drug-likeness (QED) is 0.542. The van der Waals surface area contributed by atoms with Gasteiger partial charge in [-0.05, 0) is 23.8 Å². The van der Waals surface area contributed by atoms with Crippen LogP contribution in [0.25, 0.3) is 6.08 Å². The molecule has 0 heterocycles. The second kappa shape index (κ2) is 6.44. The minimum absolute atomic E-state index is 0.804. The molecule has 0 amide bonds. The summed E-state index contributed by atoms with van der Waals surface area (Å²) in [5, 5.41) is 0. The Morgan fingerprint density at radius 2 is 2.07 bits per heavy atom. The second-order valence-corrected chi connectivity index (χ2v) is 4.09. The highest BCUT2D eigenvalue weighted by atomic mass is 32.2. The van der Waals surface area contributed by atoms with Crippen molar-refractivity contribution >= 4 is 24.1 Å². The zero-order valence-electron chi connectivity index (χ0n) is 8.27. The Labute approximate surface area is 89.2 Å². The monoisotopic (exact) mass is 206 g/mol. The lowest BCUT2D eigenvalue weighted by Gasteiger charge is -1.98. The Kier molecular flexibility index (Phi) is 5.08. The second-order valence-electron chi connectivity index (χ2n) is 2.92. The summed E-state index contributed by atoms with van der Waals surface area (Å²) in [6.45, 7) is 2.11. The van der Waals surface area contributed by atoms with Crippen LogP contribution in [0.5, 0.6) is 0 Å². The summed E-state index contributed by atoms with van der Waals surface area (Å²) in [5.74, 6) is 0.997. The molecule has 1 rings (SSSR count). The van der Waals surface area contributed by atoms with E-state index in [1.165, 1.54) is 0 Å². The Balaban J connectivity index is 2.68. The van der Waals surface area contributed by atoms with Crippen molar-refractivity contribution in [3.63, 3.8) is 0 Å². The van der Waals surface area contributed by atoms with Gasteiger partial charge in [0, 0.05) is 4.91 Å². The third kappa shape index (κ3) is 3.79. The molecule has 0 bridgehead atoms. The Morgan fingerprint density at radius 1 is 1.36 bits per heavy atom. The maximum absolute atomic E-state index is 10.7. The predicted octanol–water partition coefficient (Wildman–Crippen LogP) is 3.37. The number of hydrogen-bond acceptors (Lipinski definition) is 2. The maximum atomic E-state index is 10.7. The third-order valence-electron chi connectivity index (χ3n) is 1.70. The maximum Gasteiger partial charge on any atom is 0.156 e. The predicted molar refractivity (Wildman–Crippen MR) is 63.2 cm³/mol. The van der Waals surface area contributed by atoms with E-state index < -0.39 is 0 Å². The van der Waals surface area contributed by atoms with Crippen molar-refractivity contribution in [1.29, 1.82) is 0 Å². The van der Waals surface area contributed by atoms with Crippen LogP contribution in [-0.4, -0.2) is 12.0 Å². The summed E-state index contributed by atoms with van der Waals surface area (Å²) < 4.78 is 0. The van der Waals surface area contributed by atoms with Gasteiger partial charge in [0.1, 0.15) is 0 Å². The molecule has 74 valence electrons. The molecule has 1 aromatic rings. The van der Waals surface area contributed by atoms with E-state index in [-0.39, 0.29) is 0 Å².